The predicted molar refractivity (Wildman–Crippen MR) is 83.1 cm³/mol. The number of hydrogen-bond acceptors (Lipinski definition) is 2. The lowest BCUT2D eigenvalue weighted by Crippen LogP contribution is -2.38. The zero-order valence-corrected chi connectivity index (χ0v) is 13.0. The van der Waals surface area contributed by atoms with E-state index in [1.165, 1.54) is 47.9 Å². The van der Waals surface area contributed by atoms with Crippen LogP contribution < -0.4 is 5.32 Å². The second-order valence-corrected chi connectivity index (χ2v) is 6.69. The zero-order chi connectivity index (χ0) is 14.1. The summed E-state index contributed by atoms with van der Waals surface area (Å²) in [4.78, 5) is 0. The first-order valence-corrected chi connectivity index (χ1v) is 8.08. The van der Waals surface area contributed by atoms with Crippen LogP contribution >= 0.6 is 0 Å². The van der Waals surface area contributed by atoms with Crippen LogP contribution in [0.5, 0.6) is 0 Å². The van der Waals surface area contributed by atoms with E-state index in [4.69, 9.17) is 4.74 Å². The van der Waals surface area contributed by atoms with Crippen molar-refractivity contribution in [3.8, 4) is 0 Å². The van der Waals surface area contributed by atoms with Gasteiger partial charge in [0.2, 0.25) is 0 Å². The van der Waals surface area contributed by atoms with Crippen LogP contribution in [0.4, 0.5) is 0 Å². The molecule has 2 heteroatoms. The van der Waals surface area contributed by atoms with Crippen LogP contribution in [0.15, 0.2) is 12.1 Å². The van der Waals surface area contributed by atoms with Gasteiger partial charge in [0.05, 0.1) is 12.7 Å². The van der Waals surface area contributed by atoms with Crippen molar-refractivity contribution in [2.75, 3.05) is 13.2 Å². The Bertz CT molecular complexity index is 443. The van der Waals surface area contributed by atoms with E-state index in [-0.39, 0.29) is 6.10 Å². The second kappa shape index (κ2) is 5.87. The van der Waals surface area contributed by atoms with E-state index < -0.39 is 0 Å². The van der Waals surface area contributed by atoms with E-state index in [1.54, 1.807) is 0 Å². The quantitative estimate of drug-likeness (QED) is 0.839. The lowest BCUT2D eigenvalue weighted by atomic mass is 9.85. The lowest BCUT2D eigenvalue weighted by molar-refractivity contribution is 0.0394. The van der Waals surface area contributed by atoms with Crippen molar-refractivity contribution in [1.29, 1.82) is 0 Å². The first kappa shape index (κ1) is 14.1. The minimum Gasteiger partial charge on any atom is -0.372 e. The molecule has 3 atom stereocenters. The van der Waals surface area contributed by atoms with Crippen LogP contribution in [0.2, 0.25) is 0 Å². The molecule has 0 spiro atoms. The maximum absolute atomic E-state index is 6.30. The fraction of sp³-hybridized carbons (Fsp3) is 0.667. The summed E-state index contributed by atoms with van der Waals surface area (Å²) in [5.41, 5.74) is 5.50. The molecule has 1 saturated heterocycles. The minimum absolute atomic E-state index is 0.223. The van der Waals surface area contributed by atoms with Crippen LogP contribution in [-0.2, 0) is 4.74 Å². The van der Waals surface area contributed by atoms with E-state index in [0.29, 0.717) is 6.04 Å². The normalized spacial score (nSPS) is 30.6. The number of benzene rings is 1. The van der Waals surface area contributed by atoms with Crippen LogP contribution in [0.25, 0.3) is 0 Å². The lowest BCUT2D eigenvalue weighted by Gasteiger charge is -2.29. The largest absolute Gasteiger partial charge is 0.372 e. The maximum atomic E-state index is 6.30. The molecular formula is C18H27NO. The average molecular weight is 273 g/mol. The molecule has 0 aromatic heterocycles. The Labute approximate surface area is 122 Å². The van der Waals surface area contributed by atoms with Gasteiger partial charge >= 0.3 is 0 Å². The van der Waals surface area contributed by atoms with Crippen molar-refractivity contribution in [2.24, 2.45) is 5.92 Å². The van der Waals surface area contributed by atoms with Crippen molar-refractivity contribution in [3.05, 3.63) is 34.4 Å². The molecule has 1 aromatic carbocycles. The predicted octanol–water partition coefficient (Wildman–Crippen LogP) is 3.83. The Morgan fingerprint density at radius 2 is 1.75 bits per heavy atom. The summed E-state index contributed by atoms with van der Waals surface area (Å²) >= 11 is 0. The summed E-state index contributed by atoms with van der Waals surface area (Å²) in [6.07, 6.45) is 5.63. The maximum Gasteiger partial charge on any atom is 0.0954 e. The summed E-state index contributed by atoms with van der Waals surface area (Å²) < 4.78 is 6.30. The third kappa shape index (κ3) is 2.77. The molecule has 2 fully saturated rings. The van der Waals surface area contributed by atoms with Gasteiger partial charge in [-0.2, -0.15) is 0 Å². The van der Waals surface area contributed by atoms with Crippen LogP contribution in [0, 0.1) is 26.7 Å². The summed E-state index contributed by atoms with van der Waals surface area (Å²) in [5, 5.41) is 3.78. The molecule has 3 rings (SSSR count). The first-order valence-electron chi connectivity index (χ1n) is 8.08. The molecule has 1 aliphatic heterocycles. The van der Waals surface area contributed by atoms with Gasteiger partial charge in [0, 0.05) is 12.6 Å². The van der Waals surface area contributed by atoms with Gasteiger partial charge in [-0.3, -0.25) is 0 Å². The van der Waals surface area contributed by atoms with Gasteiger partial charge in [-0.15, -0.1) is 0 Å². The molecule has 1 N–H and O–H groups in total. The molecule has 110 valence electrons. The van der Waals surface area contributed by atoms with E-state index >= 15 is 0 Å². The Hall–Kier alpha value is -0.860. The summed E-state index contributed by atoms with van der Waals surface area (Å²) in [6, 6.07) is 5.24. The molecule has 3 unspecified atom stereocenters. The van der Waals surface area contributed by atoms with Gasteiger partial charge in [0.15, 0.2) is 0 Å². The summed E-state index contributed by atoms with van der Waals surface area (Å²) in [7, 11) is 0. The molecule has 0 amide bonds. The highest BCUT2D eigenvalue weighted by molar-refractivity contribution is 5.39. The minimum atomic E-state index is 0.223. The smallest absolute Gasteiger partial charge is 0.0954 e. The second-order valence-electron chi connectivity index (χ2n) is 6.69. The Morgan fingerprint density at radius 3 is 2.50 bits per heavy atom. The van der Waals surface area contributed by atoms with Gasteiger partial charge in [-0.1, -0.05) is 30.5 Å². The van der Waals surface area contributed by atoms with Crippen molar-refractivity contribution in [2.45, 2.75) is 58.6 Å². The molecule has 1 aromatic rings. The molecule has 1 saturated carbocycles. The molecule has 20 heavy (non-hydrogen) atoms. The molecule has 0 bridgehead atoms. The van der Waals surface area contributed by atoms with Gasteiger partial charge < -0.3 is 10.1 Å². The Morgan fingerprint density at radius 1 is 1.05 bits per heavy atom. The monoisotopic (exact) mass is 273 g/mol. The standard InChI is InChI=1S/C18H27NO/c1-12-8-13(2)18(14(3)9-12)17-10-19-16-7-5-4-6-15(16)11-20-17/h8-9,15-17,19H,4-7,10-11H2,1-3H3. The van der Waals surface area contributed by atoms with E-state index in [9.17, 15) is 0 Å². The third-order valence-corrected chi connectivity index (χ3v) is 5.05. The van der Waals surface area contributed by atoms with Crippen LogP contribution in [0.3, 0.4) is 0 Å². The van der Waals surface area contributed by atoms with E-state index in [0.717, 1.165) is 19.1 Å². The number of fused-ring (bicyclic) bond motifs is 1. The number of nitrogens with one attached hydrogen (secondary N) is 1. The Kier molecular flexibility index (Phi) is 4.13. The highest BCUT2D eigenvalue weighted by Gasteiger charge is 2.30. The third-order valence-electron chi connectivity index (χ3n) is 5.05. The van der Waals surface area contributed by atoms with Gasteiger partial charge in [-0.05, 0) is 56.2 Å². The molecule has 1 aliphatic carbocycles. The number of rotatable bonds is 1. The highest BCUT2D eigenvalue weighted by Crippen LogP contribution is 2.32. The SMILES string of the molecule is Cc1cc(C)c(C2CNC3CCCCC3CO2)c(C)c1. The summed E-state index contributed by atoms with van der Waals surface area (Å²) in [6.45, 7) is 8.50. The molecule has 0 radical (unpaired) electrons. The van der Waals surface area contributed by atoms with Crippen molar-refractivity contribution < 1.29 is 4.74 Å². The van der Waals surface area contributed by atoms with Crippen molar-refractivity contribution >= 4 is 0 Å². The zero-order valence-electron chi connectivity index (χ0n) is 13.0. The van der Waals surface area contributed by atoms with Crippen molar-refractivity contribution in [3.63, 3.8) is 0 Å². The fourth-order valence-electron chi connectivity index (χ4n) is 4.12. The number of aryl methyl sites for hydroxylation is 3. The molecule has 2 aliphatic rings. The molecule has 1 heterocycles. The van der Waals surface area contributed by atoms with Gasteiger partial charge in [-0.25, -0.2) is 0 Å². The van der Waals surface area contributed by atoms with Crippen LogP contribution in [-0.4, -0.2) is 19.2 Å². The molecular weight excluding hydrogens is 246 g/mol. The van der Waals surface area contributed by atoms with E-state index in [2.05, 4.69) is 38.2 Å². The highest BCUT2D eigenvalue weighted by atomic mass is 16.5. The topological polar surface area (TPSA) is 21.3 Å². The van der Waals surface area contributed by atoms with Crippen LogP contribution in [0.1, 0.15) is 54.0 Å². The van der Waals surface area contributed by atoms with E-state index in [1.807, 2.05) is 0 Å². The average Bonchev–Trinajstić information content (AvgIpc) is 2.61. The first-order chi connectivity index (χ1) is 9.65. The number of ether oxygens (including phenoxy) is 1. The van der Waals surface area contributed by atoms with Gasteiger partial charge in [0.1, 0.15) is 0 Å². The number of hydrogen-bond donors (Lipinski definition) is 1. The molecule has 2 nitrogen and oxygen atoms in total. The van der Waals surface area contributed by atoms with Crippen molar-refractivity contribution in [1.82, 2.24) is 5.32 Å². The summed E-state index contributed by atoms with van der Waals surface area (Å²) in [5.74, 6) is 0.722. The fourth-order valence-corrected chi connectivity index (χ4v) is 4.12. The Balaban J connectivity index is 1.81. The van der Waals surface area contributed by atoms with Gasteiger partial charge in [0.25, 0.3) is 0 Å².